The summed E-state index contributed by atoms with van der Waals surface area (Å²) in [5.41, 5.74) is 3.96. The third-order valence-corrected chi connectivity index (χ3v) is 4.31. The van der Waals surface area contributed by atoms with Crippen molar-refractivity contribution in [2.45, 2.75) is 32.4 Å². The summed E-state index contributed by atoms with van der Waals surface area (Å²) < 4.78 is 0. The first-order valence-corrected chi connectivity index (χ1v) is 7.70. The van der Waals surface area contributed by atoms with Gasteiger partial charge in [0.15, 0.2) is 0 Å². The Labute approximate surface area is 127 Å². The third-order valence-electron chi connectivity index (χ3n) is 4.31. The molecule has 0 radical (unpaired) electrons. The Kier molecular flexibility index (Phi) is 4.20. The third kappa shape index (κ3) is 3.08. The highest BCUT2D eigenvalue weighted by molar-refractivity contribution is 5.44. The topological polar surface area (TPSA) is 28.2 Å². The predicted octanol–water partition coefficient (Wildman–Crippen LogP) is 3.77. The number of aryl methyl sites for hydroxylation is 1. The van der Waals surface area contributed by atoms with E-state index in [9.17, 15) is 0 Å². The molecule has 3 heteroatoms. The Balaban J connectivity index is 1.79. The Morgan fingerprint density at radius 1 is 1.29 bits per heavy atom. The molecule has 1 aromatic heterocycles. The van der Waals surface area contributed by atoms with Crippen molar-refractivity contribution in [3.63, 3.8) is 0 Å². The number of hydrogen-bond acceptors (Lipinski definition) is 3. The minimum atomic E-state index is 0.502. The number of nitrogens with one attached hydrogen (secondary N) is 1. The lowest BCUT2D eigenvalue weighted by Gasteiger charge is -2.25. The van der Waals surface area contributed by atoms with Gasteiger partial charge in [-0.3, -0.25) is 4.90 Å². The zero-order valence-electron chi connectivity index (χ0n) is 12.8. The maximum atomic E-state index is 4.55. The molecule has 2 aromatic rings. The standard InChI is InChI=1S/C18H23N3/c1-14-11-16(12-20-18(14)19-2)17-9-6-10-21(17)13-15-7-4-3-5-8-15/h3-5,7-8,11-12,17H,6,9-10,13H2,1-2H3,(H,19,20)/t17-/m0/s1. The molecule has 1 N–H and O–H groups in total. The smallest absolute Gasteiger partial charge is 0.128 e. The van der Waals surface area contributed by atoms with Crippen molar-refractivity contribution in [1.82, 2.24) is 9.88 Å². The molecule has 0 saturated carbocycles. The molecule has 0 spiro atoms. The maximum Gasteiger partial charge on any atom is 0.128 e. The van der Waals surface area contributed by atoms with Crippen molar-refractivity contribution >= 4 is 5.82 Å². The zero-order valence-corrected chi connectivity index (χ0v) is 12.8. The number of aromatic nitrogens is 1. The number of pyridine rings is 1. The van der Waals surface area contributed by atoms with Gasteiger partial charge in [0.2, 0.25) is 0 Å². The fraction of sp³-hybridized carbons (Fsp3) is 0.389. The van der Waals surface area contributed by atoms with Crippen molar-refractivity contribution in [2.75, 3.05) is 18.9 Å². The van der Waals surface area contributed by atoms with Crippen molar-refractivity contribution in [3.05, 3.63) is 59.3 Å². The molecule has 3 nitrogen and oxygen atoms in total. The molecule has 1 saturated heterocycles. The second-order valence-corrected chi connectivity index (χ2v) is 5.80. The molecule has 0 bridgehead atoms. The van der Waals surface area contributed by atoms with Gasteiger partial charge in [-0.05, 0) is 49.1 Å². The van der Waals surface area contributed by atoms with E-state index in [0.29, 0.717) is 6.04 Å². The highest BCUT2D eigenvalue weighted by Gasteiger charge is 2.26. The van der Waals surface area contributed by atoms with Crippen LogP contribution in [0.5, 0.6) is 0 Å². The summed E-state index contributed by atoms with van der Waals surface area (Å²) in [6.45, 7) is 4.32. The van der Waals surface area contributed by atoms with Gasteiger partial charge in [-0.1, -0.05) is 30.3 Å². The van der Waals surface area contributed by atoms with Crippen LogP contribution in [0.3, 0.4) is 0 Å². The Morgan fingerprint density at radius 3 is 2.81 bits per heavy atom. The lowest BCUT2D eigenvalue weighted by Crippen LogP contribution is -2.23. The Hall–Kier alpha value is -1.87. The molecule has 0 unspecified atom stereocenters. The number of hydrogen-bond donors (Lipinski definition) is 1. The summed E-state index contributed by atoms with van der Waals surface area (Å²) >= 11 is 0. The summed E-state index contributed by atoms with van der Waals surface area (Å²) in [4.78, 5) is 7.12. The highest BCUT2D eigenvalue weighted by Crippen LogP contribution is 2.33. The first-order chi connectivity index (χ1) is 10.3. The molecule has 110 valence electrons. The molecule has 1 atom stereocenters. The van der Waals surface area contributed by atoms with Crippen molar-refractivity contribution in [3.8, 4) is 0 Å². The highest BCUT2D eigenvalue weighted by atomic mass is 15.2. The molecule has 1 fully saturated rings. The van der Waals surface area contributed by atoms with E-state index in [0.717, 1.165) is 12.4 Å². The van der Waals surface area contributed by atoms with Gasteiger partial charge < -0.3 is 5.32 Å². The number of benzene rings is 1. The van der Waals surface area contributed by atoms with E-state index >= 15 is 0 Å². The van der Waals surface area contributed by atoms with E-state index in [1.165, 1.54) is 36.1 Å². The van der Waals surface area contributed by atoms with Crippen LogP contribution < -0.4 is 5.32 Å². The van der Waals surface area contributed by atoms with Gasteiger partial charge in [-0.15, -0.1) is 0 Å². The normalized spacial score (nSPS) is 18.9. The maximum absolute atomic E-state index is 4.55. The molecule has 1 aromatic carbocycles. The molecule has 0 amide bonds. The quantitative estimate of drug-likeness (QED) is 0.924. The number of nitrogens with zero attached hydrogens (tertiary/aromatic N) is 2. The fourth-order valence-electron chi connectivity index (χ4n) is 3.25. The second kappa shape index (κ2) is 6.27. The molecule has 3 rings (SSSR count). The monoisotopic (exact) mass is 281 g/mol. The number of likely N-dealkylation sites (tertiary alicyclic amines) is 1. The molecule has 0 aliphatic carbocycles. The summed E-state index contributed by atoms with van der Waals surface area (Å²) in [7, 11) is 1.92. The van der Waals surface area contributed by atoms with E-state index in [-0.39, 0.29) is 0 Å². The molecule has 2 heterocycles. The van der Waals surface area contributed by atoms with E-state index in [1.54, 1.807) is 0 Å². The lowest BCUT2D eigenvalue weighted by atomic mass is 10.0. The zero-order chi connectivity index (χ0) is 14.7. The second-order valence-electron chi connectivity index (χ2n) is 5.80. The largest absolute Gasteiger partial charge is 0.373 e. The van der Waals surface area contributed by atoms with Gasteiger partial charge in [0.25, 0.3) is 0 Å². The van der Waals surface area contributed by atoms with Crippen LogP contribution >= 0.6 is 0 Å². The van der Waals surface area contributed by atoms with Crippen molar-refractivity contribution in [1.29, 1.82) is 0 Å². The summed E-state index contributed by atoms with van der Waals surface area (Å²) in [5.74, 6) is 0.978. The van der Waals surface area contributed by atoms with Crippen LogP contribution in [-0.2, 0) is 6.54 Å². The van der Waals surface area contributed by atoms with E-state index in [1.807, 2.05) is 13.2 Å². The van der Waals surface area contributed by atoms with Crippen LogP contribution in [-0.4, -0.2) is 23.5 Å². The SMILES string of the molecule is CNc1ncc([C@@H]2CCCN2Cc2ccccc2)cc1C. The molecule has 1 aliphatic rings. The van der Waals surface area contributed by atoms with Gasteiger partial charge in [0.05, 0.1) is 0 Å². The molecule has 21 heavy (non-hydrogen) atoms. The van der Waals surface area contributed by atoms with Crippen LogP contribution in [0.1, 0.15) is 35.6 Å². The summed E-state index contributed by atoms with van der Waals surface area (Å²) in [6.07, 6.45) is 4.53. The predicted molar refractivity (Wildman–Crippen MR) is 87.3 cm³/mol. The fourth-order valence-corrected chi connectivity index (χ4v) is 3.25. The summed E-state index contributed by atoms with van der Waals surface area (Å²) in [5, 5.41) is 3.14. The van der Waals surface area contributed by atoms with Crippen LogP contribution in [0.4, 0.5) is 5.82 Å². The first kappa shape index (κ1) is 14.1. The molecular weight excluding hydrogens is 258 g/mol. The Morgan fingerprint density at radius 2 is 2.10 bits per heavy atom. The average molecular weight is 281 g/mol. The lowest BCUT2D eigenvalue weighted by molar-refractivity contribution is 0.248. The minimum absolute atomic E-state index is 0.502. The van der Waals surface area contributed by atoms with Crippen LogP contribution in [0.25, 0.3) is 0 Å². The van der Waals surface area contributed by atoms with E-state index in [4.69, 9.17) is 0 Å². The molecular formula is C18H23N3. The summed E-state index contributed by atoms with van der Waals surface area (Å²) in [6, 6.07) is 13.5. The van der Waals surface area contributed by atoms with Gasteiger partial charge in [-0.25, -0.2) is 4.98 Å². The van der Waals surface area contributed by atoms with Gasteiger partial charge in [0, 0.05) is 25.8 Å². The number of rotatable bonds is 4. The van der Waals surface area contributed by atoms with Crippen molar-refractivity contribution < 1.29 is 0 Å². The Bertz CT molecular complexity index is 595. The van der Waals surface area contributed by atoms with Crippen LogP contribution in [0, 0.1) is 6.92 Å². The van der Waals surface area contributed by atoms with Gasteiger partial charge >= 0.3 is 0 Å². The average Bonchev–Trinajstić information content (AvgIpc) is 2.96. The minimum Gasteiger partial charge on any atom is -0.373 e. The van der Waals surface area contributed by atoms with Crippen LogP contribution in [0.2, 0.25) is 0 Å². The van der Waals surface area contributed by atoms with Crippen molar-refractivity contribution in [2.24, 2.45) is 0 Å². The number of anilines is 1. The molecule has 1 aliphatic heterocycles. The van der Waals surface area contributed by atoms with E-state index < -0.39 is 0 Å². The van der Waals surface area contributed by atoms with Gasteiger partial charge in [0.1, 0.15) is 5.82 Å². The van der Waals surface area contributed by atoms with E-state index in [2.05, 4.69) is 58.5 Å². The first-order valence-electron chi connectivity index (χ1n) is 7.70. The van der Waals surface area contributed by atoms with Crippen LogP contribution in [0.15, 0.2) is 42.6 Å². The van der Waals surface area contributed by atoms with Gasteiger partial charge in [-0.2, -0.15) is 0 Å².